The molecule has 1 aliphatic carbocycles. The van der Waals surface area contributed by atoms with Gasteiger partial charge in [0.2, 0.25) is 6.43 Å². The van der Waals surface area contributed by atoms with E-state index in [0.717, 1.165) is 0 Å². The average Bonchev–Trinajstić information content (AvgIpc) is 1.56. The number of halogens is 2. The second-order valence-electron chi connectivity index (χ2n) is 2.52. The van der Waals surface area contributed by atoms with E-state index in [-0.39, 0.29) is 0 Å². The van der Waals surface area contributed by atoms with E-state index in [1.54, 1.807) is 0 Å². The van der Waals surface area contributed by atoms with Crippen LogP contribution < -0.4 is 0 Å². The predicted molar refractivity (Wildman–Crippen MR) is 29.9 cm³/mol. The minimum atomic E-state index is -2.46. The van der Waals surface area contributed by atoms with E-state index < -0.39 is 24.2 Å². The molecule has 0 aromatic rings. The van der Waals surface area contributed by atoms with E-state index in [1.807, 2.05) is 0 Å². The van der Waals surface area contributed by atoms with Gasteiger partial charge in [0, 0.05) is 5.92 Å². The van der Waals surface area contributed by atoms with Crippen LogP contribution in [0.15, 0.2) is 0 Å². The smallest absolute Gasteiger partial charge is 0.306 e. The molecule has 2 nitrogen and oxygen atoms in total. The highest BCUT2D eigenvalue weighted by molar-refractivity contribution is 5.71. The fourth-order valence-electron chi connectivity index (χ4n) is 1.13. The molecule has 0 radical (unpaired) electrons. The Labute approximate surface area is 56.8 Å². The minimum absolute atomic E-state index is 0.356. The second kappa shape index (κ2) is 2.52. The zero-order chi connectivity index (χ0) is 7.72. The topological polar surface area (TPSA) is 37.3 Å². The lowest BCUT2D eigenvalue weighted by atomic mass is 9.74. The molecule has 0 aromatic carbocycles. The van der Waals surface area contributed by atoms with Crippen LogP contribution in [0.3, 0.4) is 0 Å². The summed E-state index contributed by atoms with van der Waals surface area (Å²) in [6.45, 7) is 0. The Hall–Kier alpha value is -0.670. The molecular weight excluding hydrogens is 142 g/mol. The highest BCUT2D eigenvalue weighted by Gasteiger charge is 2.42. The van der Waals surface area contributed by atoms with Crippen molar-refractivity contribution in [2.45, 2.75) is 19.3 Å². The Kier molecular flexibility index (Phi) is 1.87. The molecule has 4 heteroatoms. The molecule has 10 heavy (non-hydrogen) atoms. The van der Waals surface area contributed by atoms with Crippen LogP contribution in [-0.4, -0.2) is 17.5 Å². The number of hydrogen-bond donors (Lipinski definition) is 1. The van der Waals surface area contributed by atoms with Crippen LogP contribution >= 0.6 is 0 Å². The van der Waals surface area contributed by atoms with Crippen molar-refractivity contribution >= 4 is 5.97 Å². The first kappa shape index (κ1) is 7.44. The number of carboxylic acids is 1. The summed E-state index contributed by atoms with van der Waals surface area (Å²) in [5, 5.41) is 8.32. The van der Waals surface area contributed by atoms with Crippen molar-refractivity contribution in [1.29, 1.82) is 0 Å². The lowest BCUT2D eigenvalue weighted by Gasteiger charge is -2.32. The molecule has 2 atom stereocenters. The molecule has 0 spiro atoms. The Morgan fingerprint density at radius 3 is 2.20 bits per heavy atom. The van der Waals surface area contributed by atoms with Crippen molar-refractivity contribution in [1.82, 2.24) is 0 Å². The van der Waals surface area contributed by atoms with Crippen LogP contribution in [0.1, 0.15) is 12.8 Å². The number of alkyl halides is 2. The van der Waals surface area contributed by atoms with Crippen LogP contribution in [0.25, 0.3) is 0 Å². The maximum atomic E-state index is 11.8. The van der Waals surface area contributed by atoms with Crippen LogP contribution in [0.2, 0.25) is 0 Å². The molecule has 0 saturated heterocycles. The molecule has 1 N–H and O–H groups in total. The number of carboxylic acid groups (broad SMARTS) is 1. The summed E-state index contributed by atoms with van der Waals surface area (Å²) >= 11 is 0. The number of aliphatic carboxylic acids is 1. The van der Waals surface area contributed by atoms with Crippen molar-refractivity contribution in [3.63, 3.8) is 0 Å². The first-order valence-electron chi connectivity index (χ1n) is 3.14. The molecule has 0 aliphatic heterocycles. The highest BCUT2D eigenvalue weighted by Crippen LogP contribution is 2.38. The van der Waals surface area contributed by atoms with Crippen LogP contribution in [0.5, 0.6) is 0 Å². The monoisotopic (exact) mass is 150 g/mol. The summed E-state index contributed by atoms with van der Waals surface area (Å²) in [6, 6.07) is 0. The summed E-state index contributed by atoms with van der Waals surface area (Å²) in [5.74, 6) is -2.77. The zero-order valence-corrected chi connectivity index (χ0v) is 5.26. The summed E-state index contributed by atoms with van der Waals surface area (Å²) in [4.78, 5) is 10.2. The van der Waals surface area contributed by atoms with Crippen molar-refractivity contribution in [3.05, 3.63) is 0 Å². The van der Waals surface area contributed by atoms with Gasteiger partial charge in [0.1, 0.15) is 0 Å². The lowest BCUT2D eigenvalue weighted by molar-refractivity contribution is -0.152. The van der Waals surface area contributed by atoms with E-state index in [2.05, 4.69) is 0 Å². The van der Waals surface area contributed by atoms with Gasteiger partial charge in [-0.05, 0) is 12.8 Å². The number of rotatable bonds is 2. The van der Waals surface area contributed by atoms with Crippen molar-refractivity contribution in [3.8, 4) is 0 Å². The summed E-state index contributed by atoms with van der Waals surface area (Å²) in [5.41, 5.74) is 0. The lowest BCUT2D eigenvalue weighted by Crippen LogP contribution is -2.37. The van der Waals surface area contributed by atoms with Crippen molar-refractivity contribution in [2.75, 3.05) is 0 Å². The van der Waals surface area contributed by atoms with Crippen LogP contribution in [0.4, 0.5) is 8.78 Å². The zero-order valence-electron chi connectivity index (χ0n) is 5.26. The molecule has 0 aromatic heterocycles. The molecule has 1 fully saturated rings. The summed E-state index contributed by atoms with van der Waals surface area (Å²) in [6.07, 6.45) is -1.70. The van der Waals surface area contributed by atoms with E-state index in [1.165, 1.54) is 0 Å². The largest absolute Gasteiger partial charge is 0.481 e. The van der Waals surface area contributed by atoms with E-state index in [4.69, 9.17) is 5.11 Å². The summed E-state index contributed by atoms with van der Waals surface area (Å²) < 4.78 is 23.7. The van der Waals surface area contributed by atoms with E-state index >= 15 is 0 Å². The molecular formula is C6H8F2O2. The maximum Gasteiger partial charge on any atom is 0.306 e. The Morgan fingerprint density at radius 1 is 1.50 bits per heavy atom. The fourth-order valence-corrected chi connectivity index (χ4v) is 1.13. The van der Waals surface area contributed by atoms with E-state index in [9.17, 15) is 13.6 Å². The molecule has 1 saturated carbocycles. The van der Waals surface area contributed by atoms with Crippen LogP contribution in [-0.2, 0) is 4.79 Å². The molecule has 0 amide bonds. The number of carbonyl (C=O) groups is 1. The first-order valence-corrected chi connectivity index (χ1v) is 3.14. The van der Waals surface area contributed by atoms with Gasteiger partial charge in [-0.3, -0.25) is 4.79 Å². The van der Waals surface area contributed by atoms with Gasteiger partial charge in [0.15, 0.2) is 0 Å². The van der Waals surface area contributed by atoms with Gasteiger partial charge in [-0.25, -0.2) is 8.78 Å². The third-order valence-corrected chi connectivity index (χ3v) is 1.97. The van der Waals surface area contributed by atoms with Gasteiger partial charge < -0.3 is 5.11 Å². The Balaban J connectivity index is 2.43. The molecule has 0 heterocycles. The standard InChI is InChI=1S/C6H8F2O2/c7-5(8)3-1-2-4(3)6(9)10/h3-5H,1-2H2,(H,9,10). The average molecular weight is 150 g/mol. The minimum Gasteiger partial charge on any atom is -0.481 e. The van der Waals surface area contributed by atoms with Crippen molar-refractivity contribution in [2.24, 2.45) is 11.8 Å². The Morgan fingerprint density at radius 2 is 2.10 bits per heavy atom. The maximum absolute atomic E-state index is 11.8. The SMILES string of the molecule is O=C(O)C1CCC1C(F)F. The third-order valence-electron chi connectivity index (χ3n) is 1.97. The molecule has 1 rings (SSSR count). The first-order chi connectivity index (χ1) is 4.63. The van der Waals surface area contributed by atoms with Gasteiger partial charge in [-0.2, -0.15) is 0 Å². The fraction of sp³-hybridized carbons (Fsp3) is 0.833. The van der Waals surface area contributed by atoms with Crippen molar-refractivity contribution < 1.29 is 18.7 Å². The Bertz CT molecular complexity index is 147. The predicted octanol–water partition coefficient (Wildman–Crippen LogP) is 1.36. The summed E-state index contributed by atoms with van der Waals surface area (Å²) in [7, 11) is 0. The molecule has 0 bridgehead atoms. The third kappa shape index (κ3) is 1.10. The number of hydrogen-bond acceptors (Lipinski definition) is 1. The van der Waals surface area contributed by atoms with Gasteiger partial charge in [0.05, 0.1) is 5.92 Å². The second-order valence-corrected chi connectivity index (χ2v) is 2.52. The normalized spacial score (nSPS) is 31.9. The highest BCUT2D eigenvalue weighted by atomic mass is 19.3. The van der Waals surface area contributed by atoms with E-state index in [0.29, 0.717) is 12.8 Å². The molecule has 2 unspecified atom stereocenters. The molecule has 1 aliphatic rings. The van der Waals surface area contributed by atoms with Gasteiger partial charge in [0.25, 0.3) is 0 Å². The quantitative estimate of drug-likeness (QED) is 0.645. The van der Waals surface area contributed by atoms with Crippen LogP contribution in [0, 0.1) is 11.8 Å². The van der Waals surface area contributed by atoms with Gasteiger partial charge in [-0.1, -0.05) is 0 Å². The van der Waals surface area contributed by atoms with Gasteiger partial charge >= 0.3 is 5.97 Å². The van der Waals surface area contributed by atoms with Gasteiger partial charge in [-0.15, -0.1) is 0 Å². The molecule has 58 valence electrons.